The molecule has 6 N–H and O–H groups in total. The van der Waals surface area contributed by atoms with E-state index in [0.29, 0.717) is 5.56 Å². The van der Waals surface area contributed by atoms with Crippen LogP contribution in [0, 0.1) is 0 Å². The van der Waals surface area contributed by atoms with E-state index in [2.05, 4.69) is 4.72 Å². The van der Waals surface area contributed by atoms with Crippen molar-refractivity contribution in [3.05, 3.63) is 65.7 Å². The summed E-state index contributed by atoms with van der Waals surface area (Å²) in [5.41, 5.74) is 6.52. The summed E-state index contributed by atoms with van der Waals surface area (Å²) in [5, 5.41) is 28.7. The molecule has 0 bridgehead atoms. The van der Waals surface area contributed by atoms with Crippen LogP contribution in [-0.4, -0.2) is 61.3 Å². The summed E-state index contributed by atoms with van der Waals surface area (Å²) in [4.78, 5) is 11.1. The summed E-state index contributed by atoms with van der Waals surface area (Å²) in [6.45, 7) is -0.783. The Morgan fingerprint density at radius 2 is 1.60 bits per heavy atom. The Hall–Kier alpha value is -2.50. The Morgan fingerprint density at radius 1 is 1.00 bits per heavy atom. The maximum atomic E-state index is 12.5. The van der Waals surface area contributed by atoms with Gasteiger partial charge in [0.05, 0.1) is 17.6 Å². The first-order valence-corrected chi connectivity index (χ1v) is 10.7. The van der Waals surface area contributed by atoms with Crippen molar-refractivity contribution in [3.63, 3.8) is 0 Å². The van der Waals surface area contributed by atoms with Gasteiger partial charge in [0.1, 0.15) is 12.2 Å². The van der Waals surface area contributed by atoms with Crippen LogP contribution >= 0.6 is 0 Å². The van der Waals surface area contributed by atoms with Gasteiger partial charge in [0.15, 0.2) is 0 Å². The molecule has 2 rings (SSSR count). The Kier molecular flexibility index (Phi) is 8.75. The molecule has 1 amide bonds. The van der Waals surface area contributed by atoms with Crippen LogP contribution < -0.4 is 10.5 Å². The first-order chi connectivity index (χ1) is 14.2. The molecule has 9 nitrogen and oxygen atoms in total. The van der Waals surface area contributed by atoms with E-state index in [9.17, 15) is 23.4 Å². The minimum absolute atomic E-state index is 0.0348. The average Bonchev–Trinajstić information content (AvgIpc) is 2.72. The summed E-state index contributed by atoms with van der Waals surface area (Å²) in [6, 6.07) is 14.7. The molecule has 0 radical (unpaired) electrons. The van der Waals surface area contributed by atoms with E-state index < -0.39 is 47.6 Å². The van der Waals surface area contributed by atoms with Gasteiger partial charge in [-0.05, 0) is 23.3 Å². The fraction of sp³-hybridized carbons (Fsp3) is 0.350. The normalized spacial score (nSPS) is 14.6. The van der Waals surface area contributed by atoms with E-state index in [4.69, 9.17) is 15.6 Å². The molecule has 10 heteroatoms. The number of carbonyl (C=O) groups excluding carboxylic acids is 1. The molecule has 0 aliphatic rings. The minimum atomic E-state index is -3.93. The summed E-state index contributed by atoms with van der Waals surface area (Å²) in [5.74, 6) is 0. The van der Waals surface area contributed by atoms with Crippen molar-refractivity contribution in [1.82, 2.24) is 4.72 Å². The van der Waals surface area contributed by atoms with Gasteiger partial charge in [-0.2, -0.15) is 0 Å². The van der Waals surface area contributed by atoms with Gasteiger partial charge >= 0.3 is 6.09 Å². The molecular weight excluding hydrogens is 412 g/mol. The van der Waals surface area contributed by atoms with Gasteiger partial charge in [0, 0.05) is 19.4 Å². The summed E-state index contributed by atoms with van der Waals surface area (Å²) < 4.78 is 32.2. The van der Waals surface area contributed by atoms with Gasteiger partial charge in [-0.15, -0.1) is 0 Å². The molecule has 0 unspecified atom stereocenters. The van der Waals surface area contributed by atoms with Gasteiger partial charge in [0.2, 0.25) is 10.0 Å². The second-order valence-electron chi connectivity index (χ2n) is 6.77. The van der Waals surface area contributed by atoms with Gasteiger partial charge in [0.25, 0.3) is 0 Å². The molecule has 0 aliphatic carbocycles. The van der Waals surface area contributed by atoms with E-state index >= 15 is 0 Å². The maximum absolute atomic E-state index is 12.5. The van der Waals surface area contributed by atoms with Crippen molar-refractivity contribution < 1.29 is 33.3 Å². The second-order valence-corrected chi connectivity index (χ2v) is 8.54. The van der Waals surface area contributed by atoms with Crippen LogP contribution in [0.4, 0.5) is 4.79 Å². The highest BCUT2D eigenvalue weighted by Gasteiger charge is 2.25. The lowest BCUT2D eigenvalue weighted by Crippen LogP contribution is -2.43. The number of nitrogens with two attached hydrogens (primary N) is 1. The summed E-state index contributed by atoms with van der Waals surface area (Å²) >= 11 is 0. The fourth-order valence-corrected chi connectivity index (χ4v) is 3.85. The van der Waals surface area contributed by atoms with Crippen molar-refractivity contribution >= 4 is 16.1 Å². The molecule has 0 aliphatic heterocycles. The van der Waals surface area contributed by atoms with E-state index in [0.717, 1.165) is 5.56 Å². The smallest absolute Gasteiger partial charge is 0.404 e. The number of nitrogens with one attached hydrogen (secondary N) is 1. The molecule has 0 aromatic heterocycles. The molecule has 2 aromatic carbocycles. The number of amides is 1. The highest BCUT2D eigenvalue weighted by molar-refractivity contribution is 7.89. The minimum Gasteiger partial charge on any atom is -0.443 e. The van der Waals surface area contributed by atoms with Crippen LogP contribution in [0.15, 0.2) is 59.5 Å². The number of aliphatic hydroxyl groups excluding tert-OH is 3. The molecule has 0 saturated heterocycles. The summed E-state index contributed by atoms with van der Waals surface area (Å²) in [6.07, 6.45) is -4.00. The van der Waals surface area contributed by atoms with Crippen LogP contribution in [0.5, 0.6) is 0 Å². The quantitative estimate of drug-likeness (QED) is 0.328. The van der Waals surface area contributed by atoms with Crippen LogP contribution in [0.3, 0.4) is 0 Å². The molecule has 0 fully saturated rings. The van der Waals surface area contributed by atoms with Crippen molar-refractivity contribution in [2.24, 2.45) is 5.73 Å². The van der Waals surface area contributed by atoms with E-state index in [1.165, 1.54) is 24.3 Å². The number of rotatable bonds is 11. The van der Waals surface area contributed by atoms with Crippen LogP contribution in [-0.2, 0) is 27.6 Å². The molecule has 2 aromatic rings. The van der Waals surface area contributed by atoms with E-state index in [1.54, 1.807) is 24.3 Å². The van der Waals surface area contributed by atoms with Crippen molar-refractivity contribution in [1.29, 1.82) is 0 Å². The molecule has 164 valence electrons. The Balaban J connectivity index is 2.02. The standard InChI is InChI=1S/C20H26N2O7S/c21-20(26)29-19(11-14-4-2-1-3-5-14)18(25)12-22-30(27,28)17-8-6-15(7-9-17)10-16(24)13-23/h1-9,16,18-19,22-25H,10-13H2,(H2,21,26)/t16-,18+,19-/m0/s1. The molecule has 3 atom stereocenters. The fourth-order valence-electron chi connectivity index (χ4n) is 2.80. The third-order valence-corrected chi connectivity index (χ3v) is 5.81. The zero-order chi connectivity index (χ0) is 22.1. The van der Waals surface area contributed by atoms with E-state index in [-0.39, 0.29) is 17.7 Å². The zero-order valence-corrected chi connectivity index (χ0v) is 17.0. The number of ether oxygens (including phenoxy) is 1. The number of sulfonamides is 1. The number of aliphatic hydroxyl groups is 3. The van der Waals surface area contributed by atoms with Gasteiger partial charge in [-0.25, -0.2) is 17.9 Å². The third kappa shape index (κ3) is 7.39. The molecule has 0 saturated carbocycles. The Labute approximate surface area is 175 Å². The lowest BCUT2D eigenvalue weighted by Gasteiger charge is -2.23. The first-order valence-electron chi connectivity index (χ1n) is 9.27. The van der Waals surface area contributed by atoms with Crippen molar-refractivity contribution in [2.45, 2.75) is 36.0 Å². The maximum Gasteiger partial charge on any atom is 0.404 e. The number of benzene rings is 2. The lowest BCUT2D eigenvalue weighted by molar-refractivity contribution is 0.00987. The van der Waals surface area contributed by atoms with Gasteiger partial charge < -0.3 is 25.8 Å². The number of primary amides is 1. The zero-order valence-electron chi connectivity index (χ0n) is 16.2. The Morgan fingerprint density at radius 3 is 2.17 bits per heavy atom. The first kappa shape index (κ1) is 23.8. The van der Waals surface area contributed by atoms with Crippen LogP contribution in [0.25, 0.3) is 0 Å². The lowest BCUT2D eigenvalue weighted by atomic mass is 10.0. The highest BCUT2D eigenvalue weighted by Crippen LogP contribution is 2.14. The van der Waals surface area contributed by atoms with E-state index in [1.807, 2.05) is 6.07 Å². The largest absolute Gasteiger partial charge is 0.443 e. The SMILES string of the molecule is NC(=O)O[C@@H](Cc1ccccc1)[C@H](O)CNS(=O)(=O)c1ccc(C[C@H](O)CO)cc1. The number of hydrogen-bond acceptors (Lipinski definition) is 7. The predicted molar refractivity (Wildman–Crippen MR) is 109 cm³/mol. The van der Waals surface area contributed by atoms with Gasteiger partial charge in [-0.1, -0.05) is 42.5 Å². The van der Waals surface area contributed by atoms with Crippen LogP contribution in [0.1, 0.15) is 11.1 Å². The molecule has 30 heavy (non-hydrogen) atoms. The predicted octanol–water partition coefficient (Wildman–Crippen LogP) is -0.0719. The van der Waals surface area contributed by atoms with Gasteiger partial charge in [-0.3, -0.25) is 0 Å². The molecule has 0 heterocycles. The van der Waals surface area contributed by atoms with Crippen LogP contribution in [0.2, 0.25) is 0 Å². The second kappa shape index (κ2) is 11.0. The topological polar surface area (TPSA) is 159 Å². The average molecular weight is 439 g/mol. The summed E-state index contributed by atoms with van der Waals surface area (Å²) in [7, 11) is -3.93. The molecule has 0 spiro atoms. The Bertz CT molecular complexity index is 905. The highest BCUT2D eigenvalue weighted by atomic mass is 32.2. The third-order valence-electron chi connectivity index (χ3n) is 4.37. The molecular formula is C20H26N2O7S. The number of hydrogen-bond donors (Lipinski definition) is 5. The van der Waals surface area contributed by atoms with Crippen molar-refractivity contribution in [2.75, 3.05) is 13.2 Å². The monoisotopic (exact) mass is 438 g/mol. The van der Waals surface area contributed by atoms with Crippen molar-refractivity contribution in [3.8, 4) is 0 Å². The number of carbonyl (C=O) groups is 1.